The van der Waals surface area contributed by atoms with Crippen LogP contribution >= 0.6 is 27.5 Å². The zero-order valence-electron chi connectivity index (χ0n) is 15.9. The zero-order valence-corrected chi connectivity index (χ0v) is 18.3. The van der Waals surface area contributed by atoms with Crippen LogP contribution in [0.15, 0.2) is 76.3 Å². The Labute approximate surface area is 191 Å². The SMILES string of the molecule is O=C(N/N=C/c1cccc(OCc2c(F)cccc2Cl)c1)C(=O)Nc1ccc(Br)cc1. The molecule has 158 valence electrons. The summed E-state index contributed by atoms with van der Waals surface area (Å²) in [5.74, 6) is -1.75. The largest absolute Gasteiger partial charge is 0.489 e. The second-order valence-corrected chi connectivity index (χ2v) is 7.54. The monoisotopic (exact) mass is 503 g/mol. The topological polar surface area (TPSA) is 79.8 Å². The maximum absolute atomic E-state index is 13.8. The van der Waals surface area contributed by atoms with Crippen molar-refractivity contribution in [1.29, 1.82) is 0 Å². The van der Waals surface area contributed by atoms with Gasteiger partial charge in [-0.05, 0) is 54.1 Å². The predicted molar refractivity (Wildman–Crippen MR) is 121 cm³/mol. The Kier molecular flexibility index (Phi) is 7.75. The lowest BCUT2D eigenvalue weighted by Crippen LogP contribution is -2.32. The molecule has 3 aromatic rings. The molecule has 0 radical (unpaired) electrons. The minimum atomic E-state index is -0.916. The number of hydrogen-bond acceptors (Lipinski definition) is 4. The molecule has 9 heteroatoms. The van der Waals surface area contributed by atoms with Gasteiger partial charge in [-0.25, -0.2) is 9.82 Å². The maximum atomic E-state index is 13.8. The first-order valence-corrected chi connectivity index (χ1v) is 10.1. The van der Waals surface area contributed by atoms with E-state index in [0.29, 0.717) is 17.0 Å². The molecule has 0 saturated carbocycles. The van der Waals surface area contributed by atoms with Crippen molar-refractivity contribution in [1.82, 2.24) is 5.43 Å². The van der Waals surface area contributed by atoms with Crippen molar-refractivity contribution in [2.24, 2.45) is 5.10 Å². The van der Waals surface area contributed by atoms with Gasteiger partial charge >= 0.3 is 11.8 Å². The summed E-state index contributed by atoms with van der Waals surface area (Å²) in [7, 11) is 0. The van der Waals surface area contributed by atoms with Gasteiger partial charge in [-0.15, -0.1) is 0 Å². The van der Waals surface area contributed by atoms with E-state index in [1.807, 2.05) is 0 Å². The Bertz CT molecular complexity index is 1100. The van der Waals surface area contributed by atoms with Crippen molar-refractivity contribution in [2.75, 3.05) is 5.32 Å². The molecule has 3 aromatic carbocycles. The number of rotatable bonds is 6. The van der Waals surface area contributed by atoms with Gasteiger partial charge in [0, 0.05) is 15.7 Å². The standard InChI is InChI=1S/C22H16BrClFN3O3/c23-15-7-9-16(10-8-15)27-21(29)22(30)28-26-12-14-3-1-4-17(11-14)31-13-18-19(24)5-2-6-20(18)25/h1-12H,13H2,(H,27,29)(H,28,30)/b26-12+. The molecule has 0 spiro atoms. The van der Waals surface area contributed by atoms with Gasteiger partial charge in [-0.3, -0.25) is 9.59 Å². The Morgan fingerprint density at radius 1 is 1.06 bits per heavy atom. The number of carbonyl (C=O) groups is 2. The van der Waals surface area contributed by atoms with E-state index in [4.69, 9.17) is 16.3 Å². The average Bonchev–Trinajstić information content (AvgIpc) is 2.75. The molecule has 0 unspecified atom stereocenters. The van der Waals surface area contributed by atoms with Crippen molar-refractivity contribution in [3.63, 3.8) is 0 Å². The summed E-state index contributed by atoms with van der Waals surface area (Å²) in [6.45, 7) is -0.0426. The Morgan fingerprint density at radius 3 is 2.55 bits per heavy atom. The fourth-order valence-corrected chi connectivity index (χ4v) is 2.93. The highest BCUT2D eigenvalue weighted by atomic mass is 79.9. The van der Waals surface area contributed by atoms with Gasteiger partial charge in [0.1, 0.15) is 18.2 Å². The highest BCUT2D eigenvalue weighted by molar-refractivity contribution is 9.10. The lowest BCUT2D eigenvalue weighted by atomic mass is 10.2. The van der Waals surface area contributed by atoms with Gasteiger partial charge in [-0.2, -0.15) is 5.10 Å². The first-order chi connectivity index (χ1) is 14.9. The van der Waals surface area contributed by atoms with E-state index in [1.165, 1.54) is 18.3 Å². The van der Waals surface area contributed by atoms with Gasteiger partial charge < -0.3 is 10.1 Å². The van der Waals surface area contributed by atoms with Gasteiger partial charge in [0.15, 0.2) is 0 Å². The number of halogens is 3. The fraction of sp³-hybridized carbons (Fsp3) is 0.0455. The molecule has 6 nitrogen and oxygen atoms in total. The molecule has 0 aromatic heterocycles. The minimum Gasteiger partial charge on any atom is -0.489 e. The predicted octanol–water partition coefficient (Wildman–Crippen LogP) is 4.91. The Balaban J connectivity index is 1.54. The van der Waals surface area contributed by atoms with Crippen LogP contribution in [0, 0.1) is 5.82 Å². The average molecular weight is 505 g/mol. The van der Waals surface area contributed by atoms with Crippen LogP contribution in [0.25, 0.3) is 0 Å². The summed E-state index contributed by atoms with van der Waals surface area (Å²) in [5, 5.41) is 6.52. The molecule has 31 heavy (non-hydrogen) atoms. The molecule has 0 fully saturated rings. The summed E-state index contributed by atoms with van der Waals surface area (Å²) >= 11 is 9.28. The maximum Gasteiger partial charge on any atom is 0.329 e. The van der Waals surface area contributed by atoms with E-state index < -0.39 is 17.6 Å². The smallest absolute Gasteiger partial charge is 0.329 e. The lowest BCUT2D eigenvalue weighted by molar-refractivity contribution is -0.136. The van der Waals surface area contributed by atoms with E-state index in [0.717, 1.165) is 4.47 Å². The third kappa shape index (κ3) is 6.63. The molecule has 0 aliphatic heterocycles. The first-order valence-electron chi connectivity index (χ1n) is 8.98. The second-order valence-electron chi connectivity index (χ2n) is 6.22. The van der Waals surface area contributed by atoms with Crippen molar-refractivity contribution in [3.05, 3.63) is 93.2 Å². The normalized spacial score (nSPS) is 10.7. The molecule has 0 aliphatic rings. The molecule has 0 saturated heterocycles. The van der Waals surface area contributed by atoms with Crippen LogP contribution in [0.4, 0.5) is 10.1 Å². The summed E-state index contributed by atoms with van der Waals surface area (Å²) in [6, 6.07) is 18.0. The molecule has 3 rings (SSSR count). The van der Waals surface area contributed by atoms with E-state index >= 15 is 0 Å². The molecule has 0 atom stereocenters. The number of carbonyl (C=O) groups excluding carboxylic acids is 2. The molecule has 0 heterocycles. The van der Waals surface area contributed by atoms with Crippen LogP contribution in [0.1, 0.15) is 11.1 Å². The van der Waals surface area contributed by atoms with Crippen LogP contribution in [-0.4, -0.2) is 18.0 Å². The van der Waals surface area contributed by atoms with Crippen molar-refractivity contribution < 1.29 is 18.7 Å². The van der Waals surface area contributed by atoms with E-state index in [-0.39, 0.29) is 17.2 Å². The van der Waals surface area contributed by atoms with Gasteiger partial charge in [0.05, 0.1) is 11.2 Å². The van der Waals surface area contributed by atoms with Crippen LogP contribution in [-0.2, 0) is 16.2 Å². The molecular weight excluding hydrogens is 489 g/mol. The van der Waals surface area contributed by atoms with Crippen molar-refractivity contribution in [2.45, 2.75) is 6.61 Å². The van der Waals surface area contributed by atoms with E-state index in [1.54, 1.807) is 54.6 Å². The number of nitrogens with one attached hydrogen (secondary N) is 2. The first kappa shape index (κ1) is 22.5. The highest BCUT2D eigenvalue weighted by Crippen LogP contribution is 2.21. The number of hydrazone groups is 1. The van der Waals surface area contributed by atoms with Crippen LogP contribution < -0.4 is 15.5 Å². The molecule has 2 amide bonds. The van der Waals surface area contributed by atoms with Crippen LogP contribution in [0.3, 0.4) is 0 Å². The Morgan fingerprint density at radius 2 is 1.81 bits per heavy atom. The minimum absolute atomic E-state index is 0.0426. The second kappa shape index (κ2) is 10.7. The van der Waals surface area contributed by atoms with Gasteiger partial charge in [0.25, 0.3) is 0 Å². The Hall–Kier alpha value is -3.23. The van der Waals surface area contributed by atoms with Crippen LogP contribution in [0.2, 0.25) is 5.02 Å². The lowest BCUT2D eigenvalue weighted by Gasteiger charge is -2.09. The molecule has 2 N–H and O–H groups in total. The number of ether oxygens (including phenoxy) is 1. The quantitative estimate of drug-likeness (QED) is 0.284. The third-order valence-electron chi connectivity index (χ3n) is 3.99. The molecule has 0 aliphatic carbocycles. The van der Waals surface area contributed by atoms with Gasteiger partial charge in [-0.1, -0.05) is 45.7 Å². The number of amides is 2. The number of benzene rings is 3. The van der Waals surface area contributed by atoms with Crippen molar-refractivity contribution >= 4 is 51.2 Å². The van der Waals surface area contributed by atoms with Crippen molar-refractivity contribution in [3.8, 4) is 5.75 Å². The third-order valence-corrected chi connectivity index (χ3v) is 4.87. The fourth-order valence-electron chi connectivity index (χ4n) is 2.45. The molecule has 0 bridgehead atoms. The zero-order chi connectivity index (χ0) is 22.2. The summed E-state index contributed by atoms with van der Waals surface area (Å²) in [6.07, 6.45) is 1.35. The number of nitrogens with zero attached hydrogens (tertiary/aromatic N) is 1. The van der Waals surface area contributed by atoms with Crippen LogP contribution in [0.5, 0.6) is 5.75 Å². The summed E-state index contributed by atoms with van der Waals surface area (Å²) < 4.78 is 20.3. The number of hydrogen-bond donors (Lipinski definition) is 2. The van der Waals surface area contributed by atoms with Gasteiger partial charge in [0.2, 0.25) is 0 Å². The van der Waals surface area contributed by atoms with E-state index in [9.17, 15) is 14.0 Å². The van der Waals surface area contributed by atoms with E-state index in [2.05, 4.69) is 31.8 Å². The number of anilines is 1. The summed E-state index contributed by atoms with van der Waals surface area (Å²) in [4.78, 5) is 23.8. The molecular formula is C22H16BrClFN3O3. The summed E-state index contributed by atoms with van der Waals surface area (Å²) in [5.41, 5.74) is 3.49. The highest BCUT2D eigenvalue weighted by Gasteiger charge is 2.12.